The van der Waals surface area contributed by atoms with Gasteiger partial charge < -0.3 is 19.9 Å². The van der Waals surface area contributed by atoms with Crippen LogP contribution in [0.1, 0.15) is 11.1 Å². The molecule has 0 aliphatic carbocycles. The predicted octanol–water partition coefficient (Wildman–Crippen LogP) is 0.332. The van der Waals surface area contributed by atoms with E-state index in [2.05, 4.69) is 10.1 Å². The lowest BCUT2D eigenvalue weighted by atomic mass is 10.1. The maximum atomic E-state index is 11.7. The number of aryl methyl sites for hydroxylation is 2. The number of hydrogen-bond donors (Lipinski definition) is 2. The van der Waals surface area contributed by atoms with Crippen LogP contribution in [0.25, 0.3) is 0 Å². The number of nitrogens with one attached hydrogen (secondary N) is 1. The van der Waals surface area contributed by atoms with Crippen molar-refractivity contribution in [2.24, 2.45) is 0 Å². The van der Waals surface area contributed by atoms with Gasteiger partial charge in [-0.05, 0) is 25.0 Å². The van der Waals surface area contributed by atoms with Crippen LogP contribution in [0.5, 0.6) is 5.75 Å². The average Bonchev–Trinajstić information content (AvgIpc) is 2.43. The topological polar surface area (TPSA) is 84.9 Å². The number of para-hydroxylation sites is 1. The van der Waals surface area contributed by atoms with E-state index >= 15 is 0 Å². The Balaban J connectivity index is 2.57. The molecule has 0 saturated heterocycles. The number of carbonyl (C=O) groups excluding carboxylic acids is 2. The zero-order valence-electron chi connectivity index (χ0n) is 11.8. The first-order chi connectivity index (χ1) is 9.49. The molecule has 1 aromatic rings. The first-order valence-corrected chi connectivity index (χ1v) is 6.16. The molecule has 1 aromatic carbocycles. The van der Waals surface area contributed by atoms with E-state index in [0.29, 0.717) is 5.75 Å². The summed E-state index contributed by atoms with van der Waals surface area (Å²) < 4.78 is 9.89. The average molecular weight is 281 g/mol. The van der Waals surface area contributed by atoms with Crippen LogP contribution in [0.4, 0.5) is 0 Å². The van der Waals surface area contributed by atoms with Crippen molar-refractivity contribution in [3.8, 4) is 5.75 Å². The normalized spacial score (nSPS) is 11.6. The van der Waals surface area contributed by atoms with Crippen LogP contribution in [-0.2, 0) is 14.3 Å². The smallest absolute Gasteiger partial charge is 0.330 e. The predicted molar refractivity (Wildman–Crippen MR) is 72.4 cm³/mol. The second-order valence-corrected chi connectivity index (χ2v) is 4.34. The molecule has 1 unspecified atom stereocenters. The van der Waals surface area contributed by atoms with Crippen molar-refractivity contribution in [2.45, 2.75) is 19.9 Å². The first kappa shape index (κ1) is 16.0. The lowest BCUT2D eigenvalue weighted by Crippen LogP contribution is -2.45. The third-order valence-corrected chi connectivity index (χ3v) is 2.76. The van der Waals surface area contributed by atoms with E-state index in [4.69, 9.17) is 9.84 Å². The van der Waals surface area contributed by atoms with Crippen LogP contribution >= 0.6 is 0 Å². The van der Waals surface area contributed by atoms with Gasteiger partial charge in [-0.2, -0.15) is 0 Å². The quantitative estimate of drug-likeness (QED) is 0.734. The van der Waals surface area contributed by atoms with Gasteiger partial charge in [0.25, 0.3) is 5.91 Å². The highest BCUT2D eigenvalue weighted by molar-refractivity contribution is 5.85. The highest BCUT2D eigenvalue weighted by atomic mass is 16.5. The van der Waals surface area contributed by atoms with E-state index in [1.807, 2.05) is 32.0 Å². The lowest BCUT2D eigenvalue weighted by molar-refractivity contribution is -0.146. The molecule has 0 saturated carbocycles. The van der Waals surface area contributed by atoms with Gasteiger partial charge >= 0.3 is 5.97 Å². The van der Waals surface area contributed by atoms with Crippen molar-refractivity contribution in [3.05, 3.63) is 29.3 Å². The summed E-state index contributed by atoms with van der Waals surface area (Å²) in [6, 6.07) is 4.58. The van der Waals surface area contributed by atoms with Crippen LogP contribution in [0, 0.1) is 13.8 Å². The van der Waals surface area contributed by atoms with Crippen molar-refractivity contribution in [2.75, 3.05) is 20.3 Å². The molecule has 0 radical (unpaired) electrons. The van der Waals surface area contributed by atoms with Crippen LogP contribution in [-0.4, -0.2) is 43.3 Å². The number of esters is 1. The van der Waals surface area contributed by atoms with E-state index in [1.54, 1.807) is 0 Å². The maximum absolute atomic E-state index is 11.7. The Morgan fingerprint density at radius 3 is 2.40 bits per heavy atom. The molecule has 20 heavy (non-hydrogen) atoms. The van der Waals surface area contributed by atoms with Gasteiger partial charge in [0.2, 0.25) is 0 Å². The third-order valence-electron chi connectivity index (χ3n) is 2.76. The first-order valence-electron chi connectivity index (χ1n) is 6.16. The molecule has 0 spiro atoms. The van der Waals surface area contributed by atoms with Crippen molar-refractivity contribution in [1.82, 2.24) is 5.32 Å². The molecule has 0 aromatic heterocycles. The molecule has 0 aliphatic rings. The van der Waals surface area contributed by atoms with E-state index in [0.717, 1.165) is 11.1 Å². The summed E-state index contributed by atoms with van der Waals surface area (Å²) in [5, 5.41) is 11.3. The summed E-state index contributed by atoms with van der Waals surface area (Å²) in [5.41, 5.74) is 1.84. The lowest BCUT2D eigenvalue weighted by Gasteiger charge is -2.15. The zero-order valence-corrected chi connectivity index (χ0v) is 11.8. The molecule has 0 heterocycles. The van der Waals surface area contributed by atoms with Gasteiger partial charge in [0.05, 0.1) is 13.7 Å². The van der Waals surface area contributed by atoms with E-state index in [9.17, 15) is 9.59 Å². The van der Waals surface area contributed by atoms with Crippen molar-refractivity contribution in [1.29, 1.82) is 0 Å². The molecule has 0 aliphatic heterocycles. The number of methoxy groups -OCH3 is 1. The molecular weight excluding hydrogens is 262 g/mol. The summed E-state index contributed by atoms with van der Waals surface area (Å²) in [6.07, 6.45) is 0. The highest BCUT2D eigenvalue weighted by Crippen LogP contribution is 2.21. The van der Waals surface area contributed by atoms with Crippen LogP contribution in [0.2, 0.25) is 0 Å². The molecule has 1 amide bonds. The van der Waals surface area contributed by atoms with Gasteiger partial charge in [-0.15, -0.1) is 0 Å². The Kier molecular flexibility index (Phi) is 5.99. The van der Waals surface area contributed by atoms with E-state index in [1.165, 1.54) is 7.11 Å². The number of ether oxygens (including phenoxy) is 2. The van der Waals surface area contributed by atoms with E-state index < -0.39 is 24.5 Å². The standard InChI is InChI=1S/C14H19NO5/c1-9-5-4-6-10(2)13(9)20-8-12(17)15-11(7-16)14(18)19-3/h4-6,11,16H,7-8H2,1-3H3,(H,15,17). The number of hydrogen-bond acceptors (Lipinski definition) is 5. The number of benzene rings is 1. The summed E-state index contributed by atoms with van der Waals surface area (Å²) in [4.78, 5) is 22.9. The molecule has 0 bridgehead atoms. The fourth-order valence-electron chi connectivity index (χ4n) is 1.72. The summed E-state index contributed by atoms with van der Waals surface area (Å²) >= 11 is 0. The number of amides is 1. The second kappa shape index (κ2) is 7.49. The molecule has 6 heteroatoms. The van der Waals surface area contributed by atoms with Crippen LogP contribution in [0.3, 0.4) is 0 Å². The molecule has 110 valence electrons. The minimum absolute atomic E-state index is 0.237. The molecule has 1 rings (SSSR count). The Hall–Kier alpha value is -2.08. The monoisotopic (exact) mass is 281 g/mol. The minimum Gasteiger partial charge on any atom is -0.483 e. The fraction of sp³-hybridized carbons (Fsp3) is 0.429. The highest BCUT2D eigenvalue weighted by Gasteiger charge is 2.20. The van der Waals surface area contributed by atoms with Gasteiger partial charge in [0, 0.05) is 0 Å². The number of carbonyl (C=O) groups is 2. The molecular formula is C14H19NO5. The van der Waals surface area contributed by atoms with Gasteiger partial charge in [-0.1, -0.05) is 18.2 Å². The third kappa shape index (κ3) is 4.24. The van der Waals surface area contributed by atoms with E-state index in [-0.39, 0.29) is 6.61 Å². The fourth-order valence-corrected chi connectivity index (χ4v) is 1.72. The second-order valence-electron chi connectivity index (χ2n) is 4.34. The number of aliphatic hydroxyl groups excluding tert-OH is 1. The van der Waals surface area contributed by atoms with Crippen molar-refractivity contribution in [3.63, 3.8) is 0 Å². The summed E-state index contributed by atoms with van der Waals surface area (Å²) in [7, 11) is 1.18. The van der Waals surface area contributed by atoms with Crippen LogP contribution < -0.4 is 10.1 Å². The Morgan fingerprint density at radius 2 is 1.90 bits per heavy atom. The van der Waals surface area contributed by atoms with Crippen molar-refractivity contribution < 1.29 is 24.2 Å². The zero-order chi connectivity index (χ0) is 15.1. The van der Waals surface area contributed by atoms with Crippen molar-refractivity contribution >= 4 is 11.9 Å². The van der Waals surface area contributed by atoms with Crippen LogP contribution in [0.15, 0.2) is 18.2 Å². The SMILES string of the molecule is COC(=O)C(CO)NC(=O)COc1c(C)cccc1C. The molecule has 2 N–H and O–H groups in total. The largest absolute Gasteiger partial charge is 0.483 e. The Labute approximate surface area is 117 Å². The van der Waals surface area contributed by atoms with Gasteiger partial charge in [-0.25, -0.2) is 4.79 Å². The Bertz CT molecular complexity index is 466. The maximum Gasteiger partial charge on any atom is 0.330 e. The number of aliphatic hydroxyl groups is 1. The molecule has 0 fully saturated rings. The van der Waals surface area contributed by atoms with Gasteiger partial charge in [0.15, 0.2) is 12.6 Å². The molecule has 1 atom stereocenters. The van der Waals surface area contributed by atoms with Gasteiger partial charge in [-0.3, -0.25) is 4.79 Å². The van der Waals surface area contributed by atoms with Gasteiger partial charge in [0.1, 0.15) is 5.75 Å². The summed E-state index contributed by atoms with van der Waals surface area (Å²) in [5.74, 6) is -0.564. The minimum atomic E-state index is -1.07. The molecule has 6 nitrogen and oxygen atoms in total. The summed E-state index contributed by atoms with van der Waals surface area (Å²) in [6.45, 7) is 3.00. The number of rotatable bonds is 6. The Morgan fingerprint density at radius 1 is 1.30 bits per heavy atom.